The van der Waals surface area contributed by atoms with Gasteiger partial charge in [0.15, 0.2) is 0 Å². The molecule has 0 spiro atoms. The van der Waals surface area contributed by atoms with Gasteiger partial charge in [0, 0.05) is 46.6 Å². The van der Waals surface area contributed by atoms with Gasteiger partial charge in [0.05, 0.1) is 0 Å². The lowest BCUT2D eigenvalue weighted by Gasteiger charge is -2.24. The molecule has 3 rings (SSSR count). The fraction of sp³-hybridized carbons (Fsp3) is 0.471. The van der Waals surface area contributed by atoms with E-state index in [1.165, 1.54) is 25.9 Å². The second-order valence-corrected chi connectivity index (χ2v) is 6.05. The van der Waals surface area contributed by atoms with Crippen LogP contribution in [-0.4, -0.2) is 35.6 Å². The third-order valence-electron chi connectivity index (χ3n) is 4.42. The second-order valence-electron chi connectivity index (χ2n) is 6.05. The Morgan fingerprint density at radius 2 is 2.05 bits per heavy atom. The highest BCUT2D eigenvalue weighted by Crippen LogP contribution is 2.28. The van der Waals surface area contributed by atoms with E-state index in [0.717, 1.165) is 34.4 Å². The predicted molar refractivity (Wildman–Crippen MR) is 89.7 cm³/mol. The average Bonchev–Trinajstić information content (AvgIpc) is 3.00. The fourth-order valence-corrected chi connectivity index (χ4v) is 3.09. The summed E-state index contributed by atoms with van der Waals surface area (Å²) in [6, 6.07) is 6.70. The number of likely N-dealkylation sites (tertiary alicyclic amines) is 1. The molecule has 1 aromatic heterocycles. The van der Waals surface area contributed by atoms with Crippen molar-refractivity contribution >= 4 is 22.1 Å². The van der Waals surface area contributed by atoms with E-state index >= 15 is 0 Å². The number of nitrogens with zero attached hydrogens (tertiary/aromatic N) is 2. The molecular formula is C17H24N4. The highest BCUT2D eigenvalue weighted by atomic mass is 15.2. The summed E-state index contributed by atoms with van der Waals surface area (Å²) in [7, 11) is 0. The highest BCUT2D eigenvalue weighted by molar-refractivity contribution is 6.00. The summed E-state index contributed by atoms with van der Waals surface area (Å²) >= 11 is 0. The number of aryl methyl sites for hydroxylation is 1. The molecule has 2 heterocycles. The lowest BCUT2D eigenvalue weighted by Crippen LogP contribution is -2.35. The van der Waals surface area contributed by atoms with Crippen molar-refractivity contribution in [1.82, 2.24) is 9.88 Å². The molecule has 1 aliphatic heterocycles. The number of nitrogen functional groups attached to an aromatic ring is 1. The molecule has 2 aromatic rings. The Hall–Kier alpha value is -1.81. The first kappa shape index (κ1) is 14.1. The van der Waals surface area contributed by atoms with E-state index in [4.69, 9.17) is 5.73 Å². The Morgan fingerprint density at radius 3 is 2.81 bits per heavy atom. The van der Waals surface area contributed by atoms with Gasteiger partial charge in [-0.2, -0.15) is 0 Å². The van der Waals surface area contributed by atoms with Gasteiger partial charge in [-0.3, -0.25) is 9.88 Å². The number of fused-ring (bicyclic) bond motifs is 1. The molecule has 1 fully saturated rings. The van der Waals surface area contributed by atoms with E-state index < -0.39 is 0 Å². The molecule has 3 N–H and O–H groups in total. The molecule has 1 aromatic carbocycles. The normalized spacial score (nSPS) is 17.2. The quantitative estimate of drug-likeness (QED) is 0.847. The van der Waals surface area contributed by atoms with Crippen LogP contribution in [0, 0.1) is 6.92 Å². The number of benzene rings is 1. The van der Waals surface area contributed by atoms with Gasteiger partial charge in [0.1, 0.15) is 0 Å². The lowest BCUT2D eigenvalue weighted by molar-refractivity contribution is 0.269. The van der Waals surface area contributed by atoms with E-state index in [1.807, 2.05) is 19.2 Å². The number of aromatic nitrogens is 1. The van der Waals surface area contributed by atoms with E-state index in [9.17, 15) is 0 Å². The number of hydrogen-bond acceptors (Lipinski definition) is 4. The molecule has 0 radical (unpaired) electrons. The Kier molecular flexibility index (Phi) is 3.97. The summed E-state index contributed by atoms with van der Waals surface area (Å²) in [4.78, 5) is 6.91. The molecule has 4 nitrogen and oxygen atoms in total. The molecule has 0 saturated carbocycles. The topological polar surface area (TPSA) is 54.2 Å². The SMILES string of the molecule is Cc1cc2c(NCC(C)N3CCCC3)ccc(N)c2cn1. The number of hydrogen-bond donors (Lipinski definition) is 2. The molecule has 1 aliphatic rings. The summed E-state index contributed by atoms with van der Waals surface area (Å²) in [5.74, 6) is 0. The van der Waals surface area contributed by atoms with Gasteiger partial charge in [-0.1, -0.05) is 0 Å². The van der Waals surface area contributed by atoms with Crippen LogP contribution in [0.2, 0.25) is 0 Å². The molecular weight excluding hydrogens is 260 g/mol. The maximum atomic E-state index is 6.05. The smallest absolute Gasteiger partial charge is 0.0423 e. The predicted octanol–water partition coefficient (Wildman–Crippen LogP) is 3.02. The number of rotatable bonds is 4. The molecule has 0 amide bonds. The molecule has 4 heteroatoms. The van der Waals surface area contributed by atoms with Crippen LogP contribution < -0.4 is 11.1 Å². The number of anilines is 2. The average molecular weight is 284 g/mol. The Labute approximate surface area is 126 Å². The van der Waals surface area contributed by atoms with Gasteiger partial charge < -0.3 is 11.1 Å². The zero-order chi connectivity index (χ0) is 14.8. The van der Waals surface area contributed by atoms with Gasteiger partial charge >= 0.3 is 0 Å². The van der Waals surface area contributed by atoms with E-state index in [1.54, 1.807) is 0 Å². The van der Waals surface area contributed by atoms with Crippen LogP contribution >= 0.6 is 0 Å². The molecule has 112 valence electrons. The zero-order valence-electron chi connectivity index (χ0n) is 12.9. The summed E-state index contributed by atoms with van der Waals surface area (Å²) in [5, 5.41) is 5.78. The maximum Gasteiger partial charge on any atom is 0.0423 e. The van der Waals surface area contributed by atoms with Crippen molar-refractivity contribution in [3.05, 3.63) is 30.1 Å². The third kappa shape index (κ3) is 2.95. The Bertz CT molecular complexity index is 632. The Balaban J connectivity index is 1.80. The minimum Gasteiger partial charge on any atom is -0.398 e. The summed E-state index contributed by atoms with van der Waals surface area (Å²) in [5.41, 5.74) is 9.01. The standard InChI is InChI=1S/C17H24N4/c1-12-9-14-15(11-19-12)16(18)5-6-17(14)20-10-13(2)21-7-3-4-8-21/h5-6,9,11,13,20H,3-4,7-8,10,18H2,1-2H3. The number of nitrogens with one attached hydrogen (secondary N) is 1. The van der Waals surface area contributed by atoms with Crippen LogP contribution in [0.15, 0.2) is 24.4 Å². The molecule has 0 bridgehead atoms. The minimum absolute atomic E-state index is 0.558. The molecule has 0 aliphatic carbocycles. The molecule has 21 heavy (non-hydrogen) atoms. The van der Waals surface area contributed by atoms with Gasteiger partial charge in [0.2, 0.25) is 0 Å². The van der Waals surface area contributed by atoms with Crippen molar-refractivity contribution in [3.8, 4) is 0 Å². The van der Waals surface area contributed by atoms with Crippen LogP contribution in [0.3, 0.4) is 0 Å². The monoisotopic (exact) mass is 284 g/mol. The number of nitrogens with two attached hydrogens (primary N) is 1. The maximum absolute atomic E-state index is 6.05. The van der Waals surface area contributed by atoms with E-state index in [-0.39, 0.29) is 0 Å². The van der Waals surface area contributed by atoms with Crippen LogP contribution in [0.4, 0.5) is 11.4 Å². The van der Waals surface area contributed by atoms with Crippen molar-refractivity contribution in [2.75, 3.05) is 30.7 Å². The van der Waals surface area contributed by atoms with Gasteiger partial charge in [-0.15, -0.1) is 0 Å². The van der Waals surface area contributed by atoms with Gasteiger partial charge in [0.25, 0.3) is 0 Å². The zero-order valence-corrected chi connectivity index (χ0v) is 12.9. The van der Waals surface area contributed by atoms with E-state index in [2.05, 4.69) is 34.3 Å². The first-order valence-electron chi connectivity index (χ1n) is 7.78. The lowest BCUT2D eigenvalue weighted by atomic mass is 10.1. The van der Waals surface area contributed by atoms with Gasteiger partial charge in [-0.05, 0) is 58.0 Å². The van der Waals surface area contributed by atoms with Crippen molar-refractivity contribution < 1.29 is 0 Å². The minimum atomic E-state index is 0.558. The molecule has 1 saturated heterocycles. The van der Waals surface area contributed by atoms with Crippen molar-refractivity contribution in [2.45, 2.75) is 32.7 Å². The highest BCUT2D eigenvalue weighted by Gasteiger charge is 2.17. The van der Waals surface area contributed by atoms with Gasteiger partial charge in [-0.25, -0.2) is 0 Å². The summed E-state index contributed by atoms with van der Waals surface area (Å²) < 4.78 is 0. The van der Waals surface area contributed by atoms with Crippen LogP contribution in [0.25, 0.3) is 10.8 Å². The second kappa shape index (κ2) is 5.90. The molecule has 1 atom stereocenters. The molecule has 1 unspecified atom stereocenters. The summed E-state index contributed by atoms with van der Waals surface area (Å²) in [6.45, 7) is 7.73. The number of pyridine rings is 1. The third-order valence-corrected chi connectivity index (χ3v) is 4.42. The van der Waals surface area contributed by atoms with Crippen LogP contribution in [0.1, 0.15) is 25.5 Å². The first-order valence-corrected chi connectivity index (χ1v) is 7.78. The fourth-order valence-electron chi connectivity index (χ4n) is 3.09. The largest absolute Gasteiger partial charge is 0.398 e. The van der Waals surface area contributed by atoms with Crippen molar-refractivity contribution in [3.63, 3.8) is 0 Å². The van der Waals surface area contributed by atoms with Crippen LogP contribution in [0.5, 0.6) is 0 Å². The van der Waals surface area contributed by atoms with E-state index in [0.29, 0.717) is 6.04 Å². The van der Waals surface area contributed by atoms with Crippen molar-refractivity contribution in [1.29, 1.82) is 0 Å². The Morgan fingerprint density at radius 1 is 1.29 bits per heavy atom. The first-order chi connectivity index (χ1) is 10.1. The van der Waals surface area contributed by atoms with Crippen LogP contribution in [-0.2, 0) is 0 Å². The summed E-state index contributed by atoms with van der Waals surface area (Å²) in [6.07, 6.45) is 4.54. The van der Waals surface area contributed by atoms with Crippen molar-refractivity contribution in [2.24, 2.45) is 0 Å².